The van der Waals surface area contributed by atoms with E-state index in [1.54, 1.807) is 25.1 Å². The van der Waals surface area contributed by atoms with Gasteiger partial charge in [-0.2, -0.15) is 0 Å². The molecule has 0 saturated carbocycles. The molecule has 0 heterocycles. The maximum Gasteiger partial charge on any atom is 0.411 e. The van der Waals surface area contributed by atoms with E-state index in [0.29, 0.717) is 11.3 Å². The Morgan fingerprint density at radius 2 is 1.64 bits per heavy atom. The normalized spacial score (nSPS) is 10.1. The predicted octanol–water partition coefficient (Wildman–Crippen LogP) is 3.55. The van der Waals surface area contributed by atoms with Crippen molar-refractivity contribution in [1.82, 2.24) is 5.32 Å². The highest BCUT2D eigenvalue weighted by molar-refractivity contribution is 6.00. The van der Waals surface area contributed by atoms with Crippen molar-refractivity contribution in [1.29, 1.82) is 0 Å². The fraction of sp³-hybridized carbons (Fsp3) is 0.286. The fourth-order valence-electron chi connectivity index (χ4n) is 2.85. The highest BCUT2D eigenvalue weighted by Crippen LogP contribution is 2.21. The van der Waals surface area contributed by atoms with E-state index in [1.165, 1.54) is 6.07 Å². The molecule has 148 valence electrons. The van der Waals surface area contributed by atoms with Crippen LogP contribution in [0.1, 0.15) is 34.0 Å². The van der Waals surface area contributed by atoms with Crippen molar-refractivity contribution in [2.45, 2.75) is 27.7 Å². The lowest BCUT2D eigenvalue weighted by Gasteiger charge is -2.13. The molecule has 0 aliphatic heterocycles. The van der Waals surface area contributed by atoms with Crippen LogP contribution in [0, 0.1) is 20.8 Å². The number of carbonyl (C=O) groups is 3. The largest absolute Gasteiger partial charge is 0.450 e. The zero-order chi connectivity index (χ0) is 20.7. The number of amides is 3. The Labute approximate surface area is 164 Å². The standard InChI is InChI=1S/C21H25N3O4/c1-5-28-21(27)23-17-8-6-7-16(11-17)20(26)22-12-18(25)24-19-14(3)9-13(2)10-15(19)4/h6-11H,5,12H2,1-4H3,(H,22,26)(H,23,27)(H,24,25). The van der Waals surface area contributed by atoms with E-state index in [1.807, 2.05) is 32.9 Å². The molecule has 0 atom stereocenters. The van der Waals surface area contributed by atoms with E-state index in [4.69, 9.17) is 4.74 Å². The Balaban J connectivity index is 1.95. The highest BCUT2D eigenvalue weighted by atomic mass is 16.5. The second-order valence-electron chi connectivity index (χ2n) is 6.43. The van der Waals surface area contributed by atoms with E-state index < -0.39 is 12.0 Å². The molecule has 0 spiro atoms. The number of ether oxygens (including phenoxy) is 1. The molecule has 0 unspecified atom stereocenters. The number of hydrogen-bond donors (Lipinski definition) is 3. The third-order valence-electron chi connectivity index (χ3n) is 4.00. The number of rotatable bonds is 6. The Morgan fingerprint density at radius 1 is 0.964 bits per heavy atom. The Hall–Kier alpha value is -3.35. The van der Waals surface area contributed by atoms with Crippen LogP contribution in [0.3, 0.4) is 0 Å². The maximum atomic E-state index is 12.3. The van der Waals surface area contributed by atoms with Crippen molar-refractivity contribution in [3.8, 4) is 0 Å². The van der Waals surface area contributed by atoms with Gasteiger partial charge in [0.05, 0.1) is 13.2 Å². The summed E-state index contributed by atoms with van der Waals surface area (Å²) in [5.41, 5.74) is 4.57. The van der Waals surface area contributed by atoms with E-state index in [9.17, 15) is 14.4 Å². The van der Waals surface area contributed by atoms with Crippen LogP contribution < -0.4 is 16.0 Å². The first-order valence-corrected chi connectivity index (χ1v) is 9.00. The summed E-state index contributed by atoms with van der Waals surface area (Å²) in [5, 5.41) is 7.95. The van der Waals surface area contributed by atoms with Crippen LogP contribution in [0.5, 0.6) is 0 Å². The summed E-state index contributed by atoms with van der Waals surface area (Å²) in [7, 11) is 0. The van der Waals surface area contributed by atoms with Gasteiger partial charge in [0.15, 0.2) is 0 Å². The molecule has 0 radical (unpaired) electrons. The topological polar surface area (TPSA) is 96.5 Å². The summed E-state index contributed by atoms with van der Waals surface area (Å²) >= 11 is 0. The lowest BCUT2D eigenvalue weighted by atomic mass is 10.1. The Morgan fingerprint density at radius 3 is 2.29 bits per heavy atom. The third-order valence-corrected chi connectivity index (χ3v) is 4.00. The van der Waals surface area contributed by atoms with Gasteiger partial charge >= 0.3 is 6.09 Å². The molecule has 0 aliphatic rings. The van der Waals surface area contributed by atoms with Crippen molar-refractivity contribution >= 4 is 29.3 Å². The molecule has 2 aromatic carbocycles. The van der Waals surface area contributed by atoms with Gasteiger partial charge in [-0.1, -0.05) is 23.8 Å². The second-order valence-corrected chi connectivity index (χ2v) is 6.43. The van der Waals surface area contributed by atoms with Crippen molar-refractivity contribution in [3.63, 3.8) is 0 Å². The average Bonchev–Trinajstić information content (AvgIpc) is 2.63. The molecule has 2 aromatic rings. The molecule has 0 bridgehead atoms. The highest BCUT2D eigenvalue weighted by Gasteiger charge is 2.12. The number of benzene rings is 2. The van der Waals surface area contributed by atoms with Crippen LogP contribution >= 0.6 is 0 Å². The number of hydrogen-bond acceptors (Lipinski definition) is 4. The second kappa shape index (κ2) is 9.55. The molecule has 0 fully saturated rings. The SMILES string of the molecule is CCOC(=O)Nc1cccc(C(=O)NCC(=O)Nc2c(C)cc(C)cc2C)c1. The molecule has 28 heavy (non-hydrogen) atoms. The molecule has 7 nitrogen and oxygen atoms in total. The van der Waals surface area contributed by atoms with Gasteiger partial charge in [0.2, 0.25) is 5.91 Å². The van der Waals surface area contributed by atoms with E-state index in [2.05, 4.69) is 16.0 Å². The molecule has 3 amide bonds. The van der Waals surface area contributed by atoms with Crippen molar-refractivity contribution < 1.29 is 19.1 Å². The summed E-state index contributed by atoms with van der Waals surface area (Å²) < 4.78 is 4.80. The molecule has 0 aromatic heterocycles. The van der Waals surface area contributed by atoms with E-state index in [-0.39, 0.29) is 19.1 Å². The summed E-state index contributed by atoms with van der Waals surface area (Å²) in [6, 6.07) is 10.4. The lowest BCUT2D eigenvalue weighted by molar-refractivity contribution is -0.115. The Kier molecular flexibility index (Phi) is 7.14. The van der Waals surface area contributed by atoms with Crippen LogP contribution in [0.2, 0.25) is 0 Å². The van der Waals surface area contributed by atoms with E-state index in [0.717, 1.165) is 22.4 Å². The van der Waals surface area contributed by atoms with Crippen LogP contribution in [0.4, 0.5) is 16.2 Å². The first-order chi connectivity index (χ1) is 13.3. The third kappa shape index (κ3) is 5.84. The van der Waals surface area contributed by atoms with Gasteiger partial charge in [0.1, 0.15) is 0 Å². The molecular weight excluding hydrogens is 358 g/mol. The summed E-state index contributed by atoms with van der Waals surface area (Å²) in [6.07, 6.45) is -0.594. The van der Waals surface area contributed by atoms with Crippen molar-refractivity contribution in [2.75, 3.05) is 23.8 Å². The quantitative estimate of drug-likeness (QED) is 0.711. The van der Waals surface area contributed by atoms with Gasteiger partial charge in [0, 0.05) is 16.9 Å². The minimum atomic E-state index is -0.594. The van der Waals surface area contributed by atoms with Crippen molar-refractivity contribution in [3.05, 3.63) is 58.7 Å². The molecule has 3 N–H and O–H groups in total. The van der Waals surface area contributed by atoms with Gasteiger partial charge in [-0.05, 0) is 57.0 Å². The van der Waals surface area contributed by atoms with Crippen LogP contribution in [0.15, 0.2) is 36.4 Å². The van der Waals surface area contributed by atoms with Crippen LogP contribution in [0.25, 0.3) is 0 Å². The molecular formula is C21H25N3O4. The van der Waals surface area contributed by atoms with E-state index >= 15 is 0 Å². The van der Waals surface area contributed by atoms with Gasteiger partial charge < -0.3 is 15.4 Å². The molecule has 2 rings (SSSR count). The maximum absolute atomic E-state index is 12.3. The number of aryl methyl sites for hydroxylation is 3. The lowest BCUT2D eigenvalue weighted by Crippen LogP contribution is -2.33. The zero-order valence-corrected chi connectivity index (χ0v) is 16.5. The van der Waals surface area contributed by atoms with Gasteiger partial charge in [-0.3, -0.25) is 14.9 Å². The van der Waals surface area contributed by atoms with Crippen LogP contribution in [-0.4, -0.2) is 31.1 Å². The fourth-order valence-corrected chi connectivity index (χ4v) is 2.85. The number of nitrogens with one attached hydrogen (secondary N) is 3. The minimum absolute atomic E-state index is 0.166. The first-order valence-electron chi connectivity index (χ1n) is 9.00. The average molecular weight is 383 g/mol. The summed E-state index contributed by atoms with van der Waals surface area (Å²) in [4.78, 5) is 36.0. The minimum Gasteiger partial charge on any atom is -0.450 e. The zero-order valence-electron chi connectivity index (χ0n) is 16.5. The van der Waals surface area contributed by atoms with Crippen molar-refractivity contribution in [2.24, 2.45) is 0 Å². The summed E-state index contributed by atoms with van der Waals surface area (Å²) in [6.45, 7) is 7.64. The summed E-state index contributed by atoms with van der Waals surface area (Å²) in [5.74, 6) is -0.732. The molecule has 7 heteroatoms. The smallest absolute Gasteiger partial charge is 0.411 e. The monoisotopic (exact) mass is 383 g/mol. The predicted molar refractivity (Wildman–Crippen MR) is 109 cm³/mol. The van der Waals surface area contributed by atoms with Gasteiger partial charge in [0.25, 0.3) is 5.91 Å². The Bertz CT molecular complexity index is 870. The number of anilines is 2. The number of carbonyl (C=O) groups excluding carboxylic acids is 3. The molecule has 0 saturated heterocycles. The van der Waals surface area contributed by atoms with Crippen LogP contribution in [-0.2, 0) is 9.53 Å². The molecule has 0 aliphatic carbocycles. The van der Waals surface area contributed by atoms with Gasteiger partial charge in [-0.25, -0.2) is 4.79 Å². The van der Waals surface area contributed by atoms with Gasteiger partial charge in [-0.15, -0.1) is 0 Å². The first kappa shape index (κ1) is 21.0.